The van der Waals surface area contributed by atoms with Gasteiger partial charge in [-0.15, -0.1) is 0 Å². The molecular weight excluding hydrogens is 224 g/mol. The van der Waals surface area contributed by atoms with Gasteiger partial charge < -0.3 is 10.6 Å². The zero-order chi connectivity index (χ0) is 13.0. The Morgan fingerprint density at radius 3 is 2.72 bits per heavy atom. The van der Waals surface area contributed by atoms with Crippen LogP contribution in [0.25, 0.3) is 0 Å². The lowest BCUT2D eigenvalue weighted by atomic mass is 10.1. The summed E-state index contributed by atoms with van der Waals surface area (Å²) in [7, 11) is 0. The summed E-state index contributed by atoms with van der Waals surface area (Å²) >= 11 is 0. The molecule has 98 valence electrons. The third-order valence-corrected chi connectivity index (χ3v) is 3.48. The van der Waals surface area contributed by atoms with Crippen molar-refractivity contribution in [1.29, 1.82) is 0 Å². The highest BCUT2D eigenvalue weighted by Gasteiger charge is 2.19. The van der Waals surface area contributed by atoms with Gasteiger partial charge in [-0.1, -0.05) is 24.5 Å². The molecule has 1 aromatic carbocycles. The van der Waals surface area contributed by atoms with Gasteiger partial charge >= 0.3 is 0 Å². The SMILES string of the molecule is CCNc1ccc(C)cc1C(=O)NC1CCCC1. The summed E-state index contributed by atoms with van der Waals surface area (Å²) < 4.78 is 0. The van der Waals surface area contributed by atoms with Gasteiger partial charge in [-0.2, -0.15) is 0 Å². The molecule has 0 aliphatic heterocycles. The number of anilines is 1. The molecule has 1 aliphatic carbocycles. The standard InChI is InChI=1S/C15H22N2O/c1-3-16-14-9-8-11(2)10-13(14)15(18)17-12-6-4-5-7-12/h8-10,12,16H,3-7H2,1-2H3,(H,17,18). The van der Waals surface area contributed by atoms with E-state index in [9.17, 15) is 4.79 Å². The quantitative estimate of drug-likeness (QED) is 0.857. The minimum Gasteiger partial charge on any atom is -0.385 e. The predicted molar refractivity (Wildman–Crippen MR) is 75.1 cm³/mol. The minimum absolute atomic E-state index is 0.0570. The second-order valence-corrected chi connectivity index (χ2v) is 5.03. The van der Waals surface area contributed by atoms with Crippen molar-refractivity contribution in [3.8, 4) is 0 Å². The Labute approximate surface area is 109 Å². The van der Waals surface area contributed by atoms with E-state index in [2.05, 4.69) is 10.6 Å². The van der Waals surface area contributed by atoms with Crippen molar-refractivity contribution in [1.82, 2.24) is 5.32 Å². The van der Waals surface area contributed by atoms with Crippen molar-refractivity contribution >= 4 is 11.6 Å². The lowest BCUT2D eigenvalue weighted by molar-refractivity contribution is 0.0938. The Morgan fingerprint density at radius 1 is 1.33 bits per heavy atom. The fourth-order valence-corrected chi connectivity index (χ4v) is 2.52. The number of nitrogens with one attached hydrogen (secondary N) is 2. The first-order valence-corrected chi connectivity index (χ1v) is 6.86. The molecule has 1 amide bonds. The maximum atomic E-state index is 12.3. The Morgan fingerprint density at radius 2 is 2.06 bits per heavy atom. The zero-order valence-electron chi connectivity index (χ0n) is 11.3. The fraction of sp³-hybridized carbons (Fsp3) is 0.533. The molecule has 1 fully saturated rings. The highest BCUT2D eigenvalue weighted by molar-refractivity contribution is 6.00. The van der Waals surface area contributed by atoms with Crippen molar-refractivity contribution < 1.29 is 4.79 Å². The van der Waals surface area contributed by atoms with Crippen LogP contribution in [-0.4, -0.2) is 18.5 Å². The van der Waals surface area contributed by atoms with E-state index < -0.39 is 0 Å². The molecule has 1 aromatic rings. The molecule has 18 heavy (non-hydrogen) atoms. The second kappa shape index (κ2) is 5.89. The van der Waals surface area contributed by atoms with Crippen LogP contribution in [0, 0.1) is 6.92 Å². The molecular formula is C15H22N2O. The van der Waals surface area contributed by atoms with Gasteiger partial charge in [-0.3, -0.25) is 4.79 Å². The van der Waals surface area contributed by atoms with E-state index in [1.165, 1.54) is 12.8 Å². The first-order valence-electron chi connectivity index (χ1n) is 6.86. The maximum absolute atomic E-state index is 12.3. The number of hydrogen-bond donors (Lipinski definition) is 2. The highest BCUT2D eigenvalue weighted by Crippen LogP contribution is 2.21. The molecule has 0 radical (unpaired) electrons. The van der Waals surface area contributed by atoms with E-state index in [4.69, 9.17) is 0 Å². The fourth-order valence-electron chi connectivity index (χ4n) is 2.52. The molecule has 0 unspecified atom stereocenters. The molecule has 0 aromatic heterocycles. The Kier molecular flexibility index (Phi) is 4.24. The molecule has 0 bridgehead atoms. The molecule has 3 nitrogen and oxygen atoms in total. The molecule has 0 saturated heterocycles. The van der Waals surface area contributed by atoms with E-state index in [0.717, 1.165) is 36.2 Å². The van der Waals surface area contributed by atoms with Gasteiger partial charge in [-0.25, -0.2) is 0 Å². The third kappa shape index (κ3) is 3.03. The summed E-state index contributed by atoms with van der Waals surface area (Å²) in [4.78, 5) is 12.3. The summed E-state index contributed by atoms with van der Waals surface area (Å²) in [6, 6.07) is 6.35. The van der Waals surface area contributed by atoms with Gasteiger partial charge in [0, 0.05) is 18.3 Å². The van der Waals surface area contributed by atoms with Crippen LogP contribution in [0.2, 0.25) is 0 Å². The normalized spacial score (nSPS) is 15.7. The molecule has 0 heterocycles. The minimum atomic E-state index is 0.0570. The van der Waals surface area contributed by atoms with Crippen molar-refractivity contribution in [3.05, 3.63) is 29.3 Å². The van der Waals surface area contributed by atoms with Gasteiger partial charge in [0.15, 0.2) is 0 Å². The van der Waals surface area contributed by atoms with E-state index in [-0.39, 0.29) is 5.91 Å². The number of rotatable bonds is 4. The third-order valence-electron chi connectivity index (χ3n) is 3.48. The number of carbonyl (C=O) groups is 1. The smallest absolute Gasteiger partial charge is 0.253 e. The summed E-state index contributed by atoms with van der Waals surface area (Å²) in [6.45, 7) is 4.88. The predicted octanol–water partition coefficient (Wildman–Crippen LogP) is 3.10. The summed E-state index contributed by atoms with van der Waals surface area (Å²) in [5.74, 6) is 0.0570. The van der Waals surface area contributed by atoms with Crippen molar-refractivity contribution in [2.75, 3.05) is 11.9 Å². The monoisotopic (exact) mass is 246 g/mol. The van der Waals surface area contributed by atoms with Gasteiger partial charge in [-0.05, 0) is 38.8 Å². The number of benzene rings is 1. The highest BCUT2D eigenvalue weighted by atomic mass is 16.1. The van der Waals surface area contributed by atoms with Gasteiger partial charge in [0.2, 0.25) is 0 Å². The zero-order valence-corrected chi connectivity index (χ0v) is 11.3. The molecule has 0 spiro atoms. The maximum Gasteiger partial charge on any atom is 0.253 e. The van der Waals surface area contributed by atoms with Crippen LogP contribution in [0.1, 0.15) is 48.5 Å². The lowest BCUT2D eigenvalue weighted by Crippen LogP contribution is -2.33. The van der Waals surface area contributed by atoms with Gasteiger partial charge in [0.05, 0.1) is 5.56 Å². The molecule has 1 aliphatic rings. The molecule has 0 atom stereocenters. The van der Waals surface area contributed by atoms with E-state index in [0.29, 0.717) is 6.04 Å². The number of aryl methyl sites for hydroxylation is 1. The topological polar surface area (TPSA) is 41.1 Å². The molecule has 2 N–H and O–H groups in total. The Bertz CT molecular complexity index is 423. The van der Waals surface area contributed by atoms with Crippen LogP contribution in [-0.2, 0) is 0 Å². The van der Waals surface area contributed by atoms with Crippen LogP contribution in [0.3, 0.4) is 0 Å². The van der Waals surface area contributed by atoms with Crippen molar-refractivity contribution in [2.24, 2.45) is 0 Å². The first kappa shape index (κ1) is 12.9. The Hall–Kier alpha value is -1.51. The van der Waals surface area contributed by atoms with Crippen LogP contribution in [0.15, 0.2) is 18.2 Å². The van der Waals surface area contributed by atoms with E-state index >= 15 is 0 Å². The summed E-state index contributed by atoms with van der Waals surface area (Å²) in [5.41, 5.74) is 2.82. The number of carbonyl (C=O) groups excluding carboxylic acids is 1. The summed E-state index contributed by atoms with van der Waals surface area (Å²) in [5, 5.41) is 6.39. The van der Waals surface area contributed by atoms with Crippen LogP contribution < -0.4 is 10.6 Å². The van der Waals surface area contributed by atoms with Gasteiger partial charge in [0.1, 0.15) is 0 Å². The van der Waals surface area contributed by atoms with E-state index in [1.54, 1.807) is 0 Å². The lowest BCUT2D eigenvalue weighted by Gasteiger charge is -2.15. The second-order valence-electron chi connectivity index (χ2n) is 5.03. The molecule has 3 heteroatoms. The average molecular weight is 246 g/mol. The van der Waals surface area contributed by atoms with Crippen LogP contribution >= 0.6 is 0 Å². The van der Waals surface area contributed by atoms with Crippen LogP contribution in [0.5, 0.6) is 0 Å². The van der Waals surface area contributed by atoms with Crippen LogP contribution in [0.4, 0.5) is 5.69 Å². The van der Waals surface area contributed by atoms with Crippen molar-refractivity contribution in [2.45, 2.75) is 45.6 Å². The Balaban J connectivity index is 2.14. The molecule has 1 saturated carbocycles. The average Bonchev–Trinajstić information content (AvgIpc) is 2.84. The largest absolute Gasteiger partial charge is 0.385 e. The molecule has 2 rings (SSSR count). The van der Waals surface area contributed by atoms with Crippen molar-refractivity contribution in [3.63, 3.8) is 0 Å². The number of hydrogen-bond acceptors (Lipinski definition) is 2. The summed E-state index contributed by atoms with van der Waals surface area (Å²) in [6.07, 6.45) is 4.71. The first-order chi connectivity index (χ1) is 8.70. The van der Waals surface area contributed by atoms with Gasteiger partial charge in [0.25, 0.3) is 5.91 Å². The van der Waals surface area contributed by atoms with E-state index in [1.807, 2.05) is 32.0 Å². The number of amides is 1.